The van der Waals surface area contributed by atoms with Gasteiger partial charge in [-0.2, -0.15) is 0 Å². The molecule has 0 aromatic carbocycles. The van der Waals surface area contributed by atoms with Crippen LogP contribution in [0.1, 0.15) is 72.1 Å². The SMILES string of the molecule is CCCCC(CC)C(=O)NCC1(O)CCCC(C)C1. The molecule has 3 unspecified atom stereocenters. The van der Waals surface area contributed by atoms with Gasteiger partial charge in [0, 0.05) is 12.5 Å². The highest BCUT2D eigenvalue weighted by Crippen LogP contribution is 2.31. The van der Waals surface area contributed by atoms with E-state index in [9.17, 15) is 9.90 Å². The second-order valence-corrected chi connectivity index (χ2v) is 6.39. The number of unbranched alkanes of at least 4 members (excludes halogenated alkanes) is 1. The van der Waals surface area contributed by atoms with Crippen molar-refractivity contribution < 1.29 is 9.90 Å². The lowest BCUT2D eigenvalue weighted by Crippen LogP contribution is -2.47. The highest BCUT2D eigenvalue weighted by molar-refractivity contribution is 5.78. The predicted molar refractivity (Wildman–Crippen MR) is 78.9 cm³/mol. The Morgan fingerprint density at radius 3 is 2.79 bits per heavy atom. The first-order valence-corrected chi connectivity index (χ1v) is 8.01. The summed E-state index contributed by atoms with van der Waals surface area (Å²) >= 11 is 0. The van der Waals surface area contributed by atoms with E-state index >= 15 is 0 Å². The maximum absolute atomic E-state index is 12.1. The van der Waals surface area contributed by atoms with Crippen molar-refractivity contribution in [1.29, 1.82) is 0 Å². The second-order valence-electron chi connectivity index (χ2n) is 6.39. The van der Waals surface area contributed by atoms with Gasteiger partial charge in [0.25, 0.3) is 0 Å². The van der Waals surface area contributed by atoms with Crippen molar-refractivity contribution in [1.82, 2.24) is 5.32 Å². The maximum Gasteiger partial charge on any atom is 0.223 e. The molecular formula is C16H31NO2. The highest BCUT2D eigenvalue weighted by atomic mass is 16.3. The third-order valence-corrected chi connectivity index (χ3v) is 4.43. The van der Waals surface area contributed by atoms with Gasteiger partial charge >= 0.3 is 0 Å². The van der Waals surface area contributed by atoms with Crippen LogP contribution in [0, 0.1) is 11.8 Å². The summed E-state index contributed by atoms with van der Waals surface area (Å²) in [5.74, 6) is 0.810. The van der Waals surface area contributed by atoms with Gasteiger partial charge in [-0.15, -0.1) is 0 Å². The van der Waals surface area contributed by atoms with E-state index in [2.05, 4.69) is 26.1 Å². The standard InChI is InChI=1S/C16H31NO2/c1-4-6-9-14(5-2)15(18)17-12-16(19)10-7-8-13(3)11-16/h13-14,19H,4-12H2,1-3H3,(H,17,18). The Hall–Kier alpha value is -0.570. The zero-order chi connectivity index (χ0) is 14.3. The van der Waals surface area contributed by atoms with Gasteiger partial charge < -0.3 is 10.4 Å². The molecule has 0 aromatic rings. The summed E-state index contributed by atoms with van der Waals surface area (Å²) in [6.45, 7) is 6.83. The van der Waals surface area contributed by atoms with Crippen molar-refractivity contribution in [2.24, 2.45) is 11.8 Å². The van der Waals surface area contributed by atoms with E-state index in [1.165, 1.54) is 6.42 Å². The number of hydrogen-bond acceptors (Lipinski definition) is 2. The molecular weight excluding hydrogens is 238 g/mol. The molecule has 0 saturated heterocycles. The molecule has 3 heteroatoms. The molecule has 1 aliphatic carbocycles. The van der Waals surface area contributed by atoms with Gasteiger partial charge in [-0.1, -0.05) is 46.5 Å². The minimum absolute atomic E-state index is 0.115. The van der Waals surface area contributed by atoms with Crippen LogP contribution in [-0.4, -0.2) is 23.2 Å². The van der Waals surface area contributed by atoms with Gasteiger partial charge in [0.15, 0.2) is 0 Å². The third kappa shape index (κ3) is 5.52. The van der Waals surface area contributed by atoms with E-state index < -0.39 is 5.60 Å². The van der Waals surface area contributed by atoms with E-state index in [0.717, 1.165) is 44.9 Å². The Balaban J connectivity index is 2.39. The number of carbonyl (C=O) groups is 1. The normalized spacial score (nSPS) is 28.9. The molecule has 1 rings (SSSR count). The molecule has 3 nitrogen and oxygen atoms in total. The summed E-state index contributed by atoms with van der Waals surface area (Å²) in [6, 6.07) is 0. The molecule has 1 amide bonds. The minimum Gasteiger partial charge on any atom is -0.388 e. The fourth-order valence-electron chi connectivity index (χ4n) is 3.16. The minimum atomic E-state index is -0.670. The molecule has 1 saturated carbocycles. The zero-order valence-corrected chi connectivity index (χ0v) is 12.9. The van der Waals surface area contributed by atoms with Gasteiger partial charge in [0.1, 0.15) is 0 Å². The first-order chi connectivity index (χ1) is 9.00. The Kier molecular flexibility index (Phi) is 6.84. The predicted octanol–water partition coefficient (Wildman–Crippen LogP) is 3.26. The van der Waals surface area contributed by atoms with Crippen LogP contribution in [0.25, 0.3) is 0 Å². The topological polar surface area (TPSA) is 49.3 Å². The summed E-state index contributed by atoms with van der Waals surface area (Å²) in [6.07, 6.45) is 8.00. The van der Waals surface area contributed by atoms with Crippen molar-refractivity contribution in [3.63, 3.8) is 0 Å². The van der Waals surface area contributed by atoms with E-state index in [1.54, 1.807) is 0 Å². The van der Waals surface area contributed by atoms with Crippen molar-refractivity contribution in [3.8, 4) is 0 Å². The van der Waals surface area contributed by atoms with E-state index in [-0.39, 0.29) is 11.8 Å². The van der Waals surface area contributed by atoms with Crippen molar-refractivity contribution in [2.45, 2.75) is 77.7 Å². The van der Waals surface area contributed by atoms with Crippen LogP contribution in [0.5, 0.6) is 0 Å². The first kappa shape index (κ1) is 16.5. The van der Waals surface area contributed by atoms with Gasteiger partial charge in [-0.3, -0.25) is 4.79 Å². The smallest absolute Gasteiger partial charge is 0.223 e. The maximum atomic E-state index is 12.1. The second kappa shape index (κ2) is 7.88. The molecule has 0 radical (unpaired) electrons. The van der Waals surface area contributed by atoms with Crippen LogP contribution in [0.15, 0.2) is 0 Å². The number of aliphatic hydroxyl groups is 1. The molecule has 112 valence electrons. The average molecular weight is 269 g/mol. The third-order valence-electron chi connectivity index (χ3n) is 4.43. The Bertz CT molecular complexity index is 280. The monoisotopic (exact) mass is 269 g/mol. The summed E-state index contributed by atoms with van der Waals surface area (Å²) < 4.78 is 0. The number of carbonyl (C=O) groups excluding carboxylic acids is 1. The number of nitrogens with one attached hydrogen (secondary N) is 1. The lowest BCUT2D eigenvalue weighted by Gasteiger charge is -2.36. The molecule has 1 fully saturated rings. The fraction of sp³-hybridized carbons (Fsp3) is 0.938. The largest absolute Gasteiger partial charge is 0.388 e. The molecule has 19 heavy (non-hydrogen) atoms. The molecule has 2 N–H and O–H groups in total. The van der Waals surface area contributed by atoms with Crippen molar-refractivity contribution >= 4 is 5.91 Å². The summed E-state index contributed by atoms with van der Waals surface area (Å²) in [4.78, 5) is 12.1. The van der Waals surface area contributed by atoms with Gasteiger partial charge in [-0.25, -0.2) is 0 Å². The molecule has 1 aliphatic rings. The number of rotatable bonds is 7. The van der Waals surface area contributed by atoms with Crippen molar-refractivity contribution in [2.75, 3.05) is 6.54 Å². The van der Waals surface area contributed by atoms with E-state index in [0.29, 0.717) is 12.5 Å². The van der Waals surface area contributed by atoms with Crippen LogP contribution < -0.4 is 5.32 Å². The molecule has 0 heterocycles. The van der Waals surface area contributed by atoms with Crippen LogP contribution in [0.4, 0.5) is 0 Å². The summed E-state index contributed by atoms with van der Waals surface area (Å²) in [5, 5.41) is 13.5. The highest BCUT2D eigenvalue weighted by Gasteiger charge is 2.33. The van der Waals surface area contributed by atoms with Crippen LogP contribution >= 0.6 is 0 Å². The molecule has 0 spiro atoms. The number of hydrogen-bond donors (Lipinski definition) is 2. The Labute approximate surface area is 118 Å². The van der Waals surface area contributed by atoms with Gasteiger partial charge in [0.05, 0.1) is 5.60 Å². The average Bonchev–Trinajstić information content (AvgIpc) is 2.37. The van der Waals surface area contributed by atoms with Gasteiger partial charge in [-0.05, 0) is 31.6 Å². The number of amides is 1. The van der Waals surface area contributed by atoms with E-state index in [4.69, 9.17) is 0 Å². The van der Waals surface area contributed by atoms with Crippen LogP contribution in [-0.2, 0) is 4.79 Å². The lowest BCUT2D eigenvalue weighted by molar-refractivity contribution is -0.127. The van der Waals surface area contributed by atoms with Gasteiger partial charge in [0.2, 0.25) is 5.91 Å². The van der Waals surface area contributed by atoms with E-state index in [1.807, 2.05) is 0 Å². The zero-order valence-electron chi connectivity index (χ0n) is 12.9. The summed E-state index contributed by atoms with van der Waals surface area (Å²) in [7, 11) is 0. The quantitative estimate of drug-likeness (QED) is 0.745. The van der Waals surface area contributed by atoms with Crippen molar-refractivity contribution in [3.05, 3.63) is 0 Å². The lowest BCUT2D eigenvalue weighted by atomic mass is 9.79. The molecule has 0 aliphatic heterocycles. The molecule has 0 aromatic heterocycles. The summed E-state index contributed by atoms with van der Waals surface area (Å²) in [5.41, 5.74) is -0.670. The van der Waals surface area contributed by atoms with Crippen LogP contribution in [0.3, 0.4) is 0 Å². The Morgan fingerprint density at radius 2 is 2.21 bits per heavy atom. The van der Waals surface area contributed by atoms with Crippen LogP contribution in [0.2, 0.25) is 0 Å². The molecule has 0 bridgehead atoms. The molecule has 3 atom stereocenters. The Morgan fingerprint density at radius 1 is 1.47 bits per heavy atom. The first-order valence-electron chi connectivity index (χ1n) is 8.01. The fourth-order valence-corrected chi connectivity index (χ4v) is 3.16.